The third kappa shape index (κ3) is 2.84. The molecule has 108 valence electrons. The van der Waals surface area contributed by atoms with Crippen LogP contribution in [-0.2, 0) is 6.54 Å². The quantitative estimate of drug-likeness (QED) is 0.937. The largest absolute Gasteiger partial charge is 0.497 e. The molecular weight excluding hydrogens is 262 g/mol. The van der Waals surface area contributed by atoms with Gasteiger partial charge in [0, 0.05) is 6.54 Å². The number of ether oxygens (including phenoxy) is 1. The van der Waals surface area contributed by atoms with Crippen LogP contribution in [0, 0.1) is 0 Å². The van der Waals surface area contributed by atoms with E-state index in [2.05, 4.69) is 34.2 Å². The normalized spacial score (nSPS) is 17.7. The van der Waals surface area contributed by atoms with Gasteiger partial charge in [-0.15, -0.1) is 0 Å². The fourth-order valence-corrected chi connectivity index (χ4v) is 2.61. The summed E-state index contributed by atoms with van der Waals surface area (Å²) in [5.74, 6) is 1.47. The van der Waals surface area contributed by atoms with E-state index in [1.165, 1.54) is 11.1 Å². The molecule has 1 aliphatic rings. The number of hydrogen-bond acceptors (Lipinski definition) is 4. The van der Waals surface area contributed by atoms with Crippen molar-refractivity contribution >= 4 is 5.96 Å². The van der Waals surface area contributed by atoms with Crippen molar-refractivity contribution in [1.82, 2.24) is 4.90 Å². The Morgan fingerprint density at radius 2 is 1.86 bits per heavy atom. The van der Waals surface area contributed by atoms with E-state index in [4.69, 9.17) is 10.5 Å². The SMILES string of the molecule is COc1ccc(C2CN=C(N)N2Cc2ccccc2)cc1. The Labute approximate surface area is 124 Å². The molecule has 2 aromatic carbocycles. The number of guanidine groups is 1. The minimum absolute atomic E-state index is 0.191. The molecule has 0 aromatic heterocycles. The van der Waals surface area contributed by atoms with Crippen LogP contribution in [0.4, 0.5) is 0 Å². The molecule has 1 unspecified atom stereocenters. The highest BCUT2D eigenvalue weighted by atomic mass is 16.5. The van der Waals surface area contributed by atoms with Crippen molar-refractivity contribution < 1.29 is 4.74 Å². The predicted octanol–water partition coefficient (Wildman–Crippen LogP) is 2.57. The molecule has 0 aliphatic carbocycles. The van der Waals surface area contributed by atoms with Gasteiger partial charge in [-0.25, -0.2) is 0 Å². The molecule has 2 N–H and O–H groups in total. The fraction of sp³-hybridized carbons (Fsp3) is 0.235. The van der Waals surface area contributed by atoms with Gasteiger partial charge in [0.05, 0.1) is 19.7 Å². The summed E-state index contributed by atoms with van der Waals surface area (Å²) in [5, 5.41) is 0. The molecule has 0 bridgehead atoms. The van der Waals surface area contributed by atoms with Crippen molar-refractivity contribution in [3.63, 3.8) is 0 Å². The summed E-state index contributed by atoms with van der Waals surface area (Å²) in [6.45, 7) is 1.47. The van der Waals surface area contributed by atoms with E-state index in [0.29, 0.717) is 12.5 Å². The number of hydrogen-bond donors (Lipinski definition) is 1. The lowest BCUT2D eigenvalue weighted by atomic mass is 10.1. The summed E-state index contributed by atoms with van der Waals surface area (Å²) >= 11 is 0. The number of rotatable bonds is 4. The highest BCUT2D eigenvalue weighted by molar-refractivity contribution is 5.80. The van der Waals surface area contributed by atoms with Gasteiger partial charge in [-0.3, -0.25) is 4.99 Å². The Balaban J connectivity index is 1.81. The van der Waals surface area contributed by atoms with Gasteiger partial charge in [-0.2, -0.15) is 0 Å². The standard InChI is InChI=1S/C17H19N3O/c1-21-15-9-7-14(8-10-15)16-11-19-17(18)20(16)12-13-5-3-2-4-6-13/h2-10,16H,11-12H2,1H3,(H2,18,19). The third-order valence-electron chi connectivity index (χ3n) is 3.79. The first-order valence-corrected chi connectivity index (χ1v) is 7.02. The molecule has 0 saturated heterocycles. The number of nitrogens with two attached hydrogens (primary N) is 1. The Morgan fingerprint density at radius 1 is 1.14 bits per heavy atom. The van der Waals surface area contributed by atoms with E-state index in [1.54, 1.807) is 7.11 Å². The van der Waals surface area contributed by atoms with Gasteiger partial charge in [0.2, 0.25) is 0 Å². The Kier molecular flexibility index (Phi) is 3.77. The monoisotopic (exact) mass is 281 g/mol. The Hall–Kier alpha value is -2.49. The summed E-state index contributed by atoms with van der Waals surface area (Å²) in [4.78, 5) is 6.55. The van der Waals surface area contributed by atoms with Crippen LogP contribution in [0.1, 0.15) is 17.2 Å². The lowest BCUT2D eigenvalue weighted by Gasteiger charge is -2.26. The molecular formula is C17H19N3O. The number of benzene rings is 2. The van der Waals surface area contributed by atoms with Gasteiger partial charge in [-0.05, 0) is 23.3 Å². The molecule has 0 fully saturated rings. The van der Waals surface area contributed by atoms with Crippen LogP contribution in [0.5, 0.6) is 5.75 Å². The predicted molar refractivity (Wildman–Crippen MR) is 84.2 cm³/mol. The van der Waals surface area contributed by atoms with Crippen molar-refractivity contribution in [3.8, 4) is 5.75 Å². The lowest BCUT2D eigenvalue weighted by Crippen LogP contribution is -2.35. The van der Waals surface area contributed by atoms with E-state index >= 15 is 0 Å². The van der Waals surface area contributed by atoms with Gasteiger partial charge in [0.25, 0.3) is 0 Å². The zero-order valence-corrected chi connectivity index (χ0v) is 12.1. The van der Waals surface area contributed by atoms with E-state index < -0.39 is 0 Å². The second-order valence-corrected chi connectivity index (χ2v) is 5.10. The maximum Gasteiger partial charge on any atom is 0.192 e. The highest BCUT2D eigenvalue weighted by Crippen LogP contribution is 2.28. The first kappa shape index (κ1) is 13.5. The molecule has 21 heavy (non-hydrogen) atoms. The highest BCUT2D eigenvalue weighted by Gasteiger charge is 2.27. The van der Waals surface area contributed by atoms with Crippen LogP contribution in [0.15, 0.2) is 59.6 Å². The van der Waals surface area contributed by atoms with Gasteiger partial charge in [0.15, 0.2) is 5.96 Å². The summed E-state index contributed by atoms with van der Waals surface area (Å²) in [7, 11) is 1.67. The van der Waals surface area contributed by atoms with Gasteiger partial charge in [0.1, 0.15) is 5.75 Å². The number of methoxy groups -OCH3 is 1. The van der Waals surface area contributed by atoms with Crippen LogP contribution < -0.4 is 10.5 Å². The first-order chi connectivity index (χ1) is 10.3. The average molecular weight is 281 g/mol. The molecule has 0 spiro atoms. The molecule has 1 aliphatic heterocycles. The summed E-state index contributed by atoms with van der Waals surface area (Å²) in [6.07, 6.45) is 0. The second kappa shape index (κ2) is 5.87. The Morgan fingerprint density at radius 3 is 2.52 bits per heavy atom. The van der Waals surface area contributed by atoms with Gasteiger partial charge < -0.3 is 15.4 Å². The minimum atomic E-state index is 0.191. The summed E-state index contributed by atoms with van der Waals surface area (Å²) in [5.41, 5.74) is 8.50. The molecule has 4 nitrogen and oxygen atoms in total. The van der Waals surface area contributed by atoms with Crippen molar-refractivity contribution in [1.29, 1.82) is 0 Å². The van der Waals surface area contributed by atoms with Crippen LogP contribution in [-0.4, -0.2) is 24.5 Å². The van der Waals surface area contributed by atoms with Crippen LogP contribution in [0.3, 0.4) is 0 Å². The third-order valence-corrected chi connectivity index (χ3v) is 3.79. The molecule has 1 atom stereocenters. The zero-order valence-electron chi connectivity index (χ0n) is 12.1. The van der Waals surface area contributed by atoms with E-state index in [-0.39, 0.29) is 6.04 Å². The zero-order chi connectivity index (χ0) is 14.7. The minimum Gasteiger partial charge on any atom is -0.497 e. The van der Waals surface area contributed by atoms with Crippen LogP contribution >= 0.6 is 0 Å². The van der Waals surface area contributed by atoms with E-state index in [9.17, 15) is 0 Å². The average Bonchev–Trinajstić information content (AvgIpc) is 2.90. The maximum absolute atomic E-state index is 6.06. The molecule has 1 heterocycles. The van der Waals surface area contributed by atoms with E-state index in [0.717, 1.165) is 12.3 Å². The summed E-state index contributed by atoms with van der Waals surface area (Å²) in [6, 6.07) is 18.6. The smallest absolute Gasteiger partial charge is 0.192 e. The summed E-state index contributed by atoms with van der Waals surface area (Å²) < 4.78 is 5.21. The molecule has 2 aromatic rings. The van der Waals surface area contributed by atoms with Crippen molar-refractivity contribution in [3.05, 3.63) is 65.7 Å². The number of aliphatic imine (C=N–C) groups is 1. The van der Waals surface area contributed by atoms with Crippen molar-refractivity contribution in [2.75, 3.05) is 13.7 Å². The van der Waals surface area contributed by atoms with E-state index in [1.807, 2.05) is 30.3 Å². The number of nitrogens with zero attached hydrogens (tertiary/aromatic N) is 2. The van der Waals surface area contributed by atoms with Crippen LogP contribution in [0.25, 0.3) is 0 Å². The maximum atomic E-state index is 6.06. The second-order valence-electron chi connectivity index (χ2n) is 5.10. The molecule has 0 amide bonds. The Bertz CT molecular complexity index is 622. The van der Waals surface area contributed by atoms with Crippen LogP contribution in [0.2, 0.25) is 0 Å². The molecule has 4 heteroatoms. The lowest BCUT2D eigenvalue weighted by molar-refractivity contribution is 0.340. The first-order valence-electron chi connectivity index (χ1n) is 7.02. The molecule has 3 rings (SSSR count). The molecule has 0 radical (unpaired) electrons. The van der Waals surface area contributed by atoms with Gasteiger partial charge >= 0.3 is 0 Å². The molecule has 0 saturated carbocycles. The van der Waals surface area contributed by atoms with Crippen molar-refractivity contribution in [2.24, 2.45) is 10.7 Å². The topological polar surface area (TPSA) is 50.9 Å². The van der Waals surface area contributed by atoms with Crippen molar-refractivity contribution in [2.45, 2.75) is 12.6 Å². The fourth-order valence-electron chi connectivity index (χ4n) is 2.61. The van der Waals surface area contributed by atoms with Gasteiger partial charge in [-0.1, -0.05) is 42.5 Å².